The molecule has 29 heavy (non-hydrogen) atoms. The molecule has 0 spiro atoms. The number of nitrogens with one attached hydrogen (secondary N) is 2. The van der Waals surface area contributed by atoms with E-state index >= 15 is 0 Å². The summed E-state index contributed by atoms with van der Waals surface area (Å²) < 4.78 is 71.0. The molecule has 160 valence electrons. The Morgan fingerprint density at radius 1 is 1.38 bits per heavy atom. The number of halogens is 3. The van der Waals surface area contributed by atoms with Crippen molar-refractivity contribution in [3.05, 3.63) is 42.2 Å². The highest BCUT2D eigenvalue weighted by Gasteiger charge is 2.40. The Hall–Kier alpha value is -2.60. The third kappa shape index (κ3) is 5.70. The molecule has 2 N–H and O–H groups in total. The molecule has 3 amide bonds. The van der Waals surface area contributed by atoms with Crippen LogP contribution < -0.4 is 14.8 Å². The van der Waals surface area contributed by atoms with Crippen molar-refractivity contribution in [2.45, 2.75) is 31.2 Å². The minimum atomic E-state index is -4.18. The minimum Gasteiger partial charge on any atom is -0.485 e. The second kappa shape index (κ2) is 9.27. The van der Waals surface area contributed by atoms with Gasteiger partial charge in [0.25, 0.3) is 6.43 Å². The Labute approximate surface area is 165 Å². The van der Waals surface area contributed by atoms with Crippen molar-refractivity contribution < 1.29 is 35.9 Å². The van der Waals surface area contributed by atoms with Gasteiger partial charge in [0.15, 0.2) is 16.9 Å². The van der Waals surface area contributed by atoms with Gasteiger partial charge in [0.05, 0.1) is 0 Å². The number of urea groups is 1. The largest absolute Gasteiger partial charge is 0.485 e. The number of nitrogens with zero attached hydrogens (tertiary/aromatic N) is 1. The fourth-order valence-corrected chi connectivity index (χ4v) is 4.38. The molecule has 2 atom stereocenters. The first-order valence-electron chi connectivity index (χ1n) is 8.48. The predicted octanol–water partition coefficient (Wildman–Crippen LogP) is 1.90. The molecule has 0 saturated carbocycles. The molecule has 8 nitrogen and oxygen atoms in total. The molecule has 1 aromatic carbocycles. The monoisotopic (exact) mass is 435 g/mol. The Morgan fingerprint density at radius 2 is 2.07 bits per heavy atom. The molecule has 1 fully saturated rings. The zero-order chi connectivity index (χ0) is 21.8. The van der Waals surface area contributed by atoms with E-state index in [1.165, 1.54) is 19.1 Å². The molecule has 0 aromatic heterocycles. The molecule has 0 radical (unpaired) electrons. The van der Waals surface area contributed by atoms with E-state index in [1.54, 1.807) is 0 Å². The SMILES string of the molecule is C=CCC(N1CC(=O)NC1=O)S(=O)(=O)N[C@H](C)c1ccc(F)c(OCC(F)F)c1. The van der Waals surface area contributed by atoms with Crippen LogP contribution in [0.3, 0.4) is 0 Å². The summed E-state index contributed by atoms with van der Waals surface area (Å²) in [7, 11) is -4.18. The fourth-order valence-electron chi connectivity index (χ4n) is 2.70. The lowest BCUT2D eigenvalue weighted by atomic mass is 10.1. The highest BCUT2D eigenvalue weighted by atomic mass is 32.2. The van der Waals surface area contributed by atoms with Gasteiger partial charge in [-0.15, -0.1) is 6.58 Å². The van der Waals surface area contributed by atoms with Gasteiger partial charge in [-0.25, -0.2) is 31.1 Å². The maximum atomic E-state index is 13.7. The minimum absolute atomic E-state index is 0.144. The lowest BCUT2D eigenvalue weighted by molar-refractivity contribution is -0.118. The molecule has 1 aliphatic heterocycles. The number of alkyl halides is 2. The van der Waals surface area contributed by atoms with Gasteiger partial charge in [0.1, 0.15) is 13.2 Å². The number of benzene rings is 1. The molecule has 0 aliphatic carbocycles. The maximum absolute atomic E-state index is 13.7. The molecule has 0 bridgehead atoms. The molecule has 2 rings (SSSR count). The first-order valence-corrected chi connectivity index (χ1v) is 10.0. The number of carbonyl (C=O) groups excluding carboxylic acids is 2. The number of hydrogen-bond donors (Lipinski definition) is 2. The van der Waals surface area contributed by atoms with Crippen molar-refractivity contribution in [3.63, 3.8) is 0 Å². The number of carbonyl (C=O) groups is 2. The third-order valence-corrected chi connectivity index (χ3v) is 5.90. The number of imide groups is 1. The molecule has 1 aliphatic rings. The van der Waals surface area contributed by atoms with Gasteiger partial charge >= 0.3 is 6.03 Å². The van der Waals surface area contributed by atoms with E-state index in [0.717, 1.165) is 17.0 Å². The second-order valence-electron chi connectivity index (χ2n) is 6.24. The van der Waals surface area contributed by atoms with Crippen LogP contribution in [0.25, 0.3) is 0 Å². The lowest BCUT2D eigenvalue weighted by Crippen LogP contribution is -2.48. The van der Waals surface area contributed by atoms with Crippen molar-refractivity contribution in [1.82, 2.24) is 14.9 Å². The number of rotatable bonds is 10. The number of sulfonamides is 1. The van der Waals surface area contributed by atoms with Crippen LogP contribution in [0.15, 0.2) is 30.9 Å². The summed E-state index contributed by atoms with van der Waals surface area (Å²) in [5, 5.41) is 0.603. The fraction of sp³-hybridized carbons (Fsp3) is 0.412. The Balaban J connectivity index is 2.21. The summed E-state index contributed by atoms with van der Waals surface area (Å²) in [6.07, 6.45) is -1.66. The molecule has 1 aromatic rings. The van der Waals surface area contributed by atoms with Gasteiger partial charge in [-0.1, -0.05) is 12.1 Å². The van der Waals surface area contributed by atoms with Crippen LogP contribution in [-0.2, 0) is 14.8 Å². The normalized spacial score (nSPS) is 16.7. The highest BCUT2D eigenvalue weighted by Crippen LogP contribution is 2.25. The van der Waals surface area contributed by atoms with Crippen LogP contribution in [-0.4, -0.2) is 50.2 Å². The number of hydrogen-bond acceptors (Lipinski definition) is 5. The first-order chi connectivity index (χ1) is 13.5. The van der Waals surface area contributed by atoms with Crippen LogP contribution >= 0.6 is 0 Å². The van der Waals surface area contributed by atoms with E-state index in [-0.39, 0.29) is 12.0 Å². The molecule has 12 heteroatoms. The Morgan fingerprint density at radius 3 is 2.62 bits per heavy atom. The Bertz CT molecular complexity index is 894. The Kier molecular flexibility index (Phi) is 7.25. The molecule has 1 saturated heterocycles. The standard InChI is InChI=1S/C17H20F3N3O5S/c1-3-4-16(23-8-15(24)21-17(23)25)29(26,27)22-10(2)11-5-6-12(18)13(7-11)28-9-14(19)20/h3,5-7,10,14,16,22H,1,4,8-9H2,2H3,(H,21,24,25)/t10-,16?/m1/s1. The van der Waals surface area contributed by atoms with Gasteiger partial charge in [-0.05, 0) is 24.6 Å². The number of ether oxygens (including phenoxy) is 1. The third-order valence-electron chi connectivity index (χ3n) is 4.06. The van der Waals surface area contributed by atoms with E-state index in [9.17, 15) is 31.2 Å². The van der Waals surface area contributed by atoms with Gasteiger partial charge in [0.2, 0.25) is 15.9 Å². The second-order valence-corrected chi connectivity index (χ2v) is 8.11. The summed E-state index contributed by atoms with van der Waals surface area (Å²) >= 11 is 0. The van der Waals surface area contributed by atoms with Crippen LogP contribution in [0.5, 0.6) is 5.75 Å². The topological polar surface area (TPSA) is 105 Å². The molecule has 1 heterocycles. The van der Waals surface area contributed by atoms with E-state index < -0.39 is 64.5 Å². The van der Waals surface area contributed by atoms with Gasteiger partial charge in [-0.3, -0.25) is 15.0 Å². The van der Waals surface area contributed by atoms with Crippen LogP contribution in [0.2, 0.25) is 0 Å². The van der Waals surface area contributed by atoms with Crippen molar-refractivity contribution in [3.8, 4) is 5.75 Å². The van der Waals surface area contributed by atoms with E-state index in [2.05, 4.69) is 11.3 Å². The smallest absolute Gasteiger partial charge is 0.325 e. The van der Waals surface area contributed by atoms with Crippen molar-refractivity contribution in [1.29, 1.82) is 0 Å². The van der Waals surface area contributed by atoms with Gasteiger partial charge in [0, 0.05) is 12.5 Å². The highest BCUT2D eigenvalue weighted by molar-refractivity contribution is 7.90. The maximum Gasteiger partial charge on any atom is 0.325 e. The van der Waals surface area contributed by atoms with E-state index in [4.69, 9.17) is 4.74 Å². The summed E-state index contributed by atoms with van der Waals surface area (Å²) in [6.45, 7) is 3.48. The van der Waals surface area contributed by atoms with Crippen molar-refractivity contribution in [2.24, 2.45) is 0 Å². The summed E-state index contributed by atoms with van der Waals surface area (Å²) in [5.41, 5.74) is 0.249. The van der Waals surface area contributed by atoms with Crippen LogP contribution in [0, 0.1) is 5.82 Å². The summed E-state index contributed by atoms with van der Waals surface area (Å²) in [6, 6.07) is 1.59. The zero-order valence-electron chi connectivity index (χ0n) is 15.4. The van der Waals surface area contributed by atoms with Crippen molar-refractivity contribution in [2.75, 3.05) is 13.2 Å². The lowest BCUT2D eigenvalue weighted by Gasteiger charge is -2.27. The van der Waals surface area contributed by atoms with Gasteiger partial charge < -0.3 is 4.74 Å². The quantitative estimate of drug-likeness (QED) is 0.432. The molecular weight excluding hydrogens is 415 g/mol. The zero-order valence-corrected chi connectivity index (χ0v) is 16.2. The predicted molar refractivity (Wildman–Crippen MR) is 97.2 cm³/mol. The average Bonchev–Trinajstić information content (AvgIpc) is 2.95. The van der Waals surface area contributed by atoms with E-state index in [1.807, 2.05) is 5.32 Å². The van der Waals surface area contributed by atoms with Crippen LogP contribution in [0.4, 0.5) is 18.0 Å². The first kappa shape index (κ1) is 22.7. The van der Waals surface area contributed by atoms with Crippen LogP contribution in [0.1, 0.15) is 24.9 Å². The van der Waals surface area contributed by atoms with Crippen molar-refractivity contribution >= 4 is 22.0 Å². The van der Waals surface area contributed by atoms with Gasteiger partial charge in [-0.2, -0.15) is 0 Å². The summed E-state index contributed by atoms with van der Waals surface area (Å²) in [5.74, 6) is -1.95. The molecule has 1 unspecified atom stereocenters. The number of amides is 3. The van der Waals surface area contributed by atoms with E-state index in [0.29, 0.717) is 0 Å². The summed E-state index contributed by atoms with van der Waals surface area (Å²) in [4.78, 5) is 24.1. The average molecular weight is 435 g/mol. The molecular formula is C17H20F3N3O5S.